The molecule has 2 aromatic carbocycles. The Morgan fingerprint density at radius 2 is 1.72 bits per heavy atom. The Hall–Kier alpha value is -2.75. The van der Waals surface area contributed by atoms with Crippen molar-refractivity contribution in [1.29, 1.82) is 5.41 Å². The van der Waals surface area contributed by atoms with E-state index >= 15 is 0 Å². The molecule has 0 bridgehead atoms. The molecule has 9 heteroatoms. The van der Waals surface area contributed by atoms with Crippen LogP contribution in [0.25, 0.3) is 11.1 Å². The van der Waals surface area contributed by atoms with E-state index in [0.717, 1.165) is 11.1 Å². The van der Waals surface area contributed by atoms with Crippen LogP contribution in [0.1, 0.15) is 15.9 Å². The monoisotopic (exact) mass is 365 g/mol. The van der Waals surface area contributed by atoms with E-state index in [-0.39, 0.29) is 6.61 Å². The van der Waals surface area contributed by atoms with E-state index in [4.69, 9.17) is 15.7 Å². The van der Waals surface area contributed by atoms with E-state index in [2.05, 4.69) is 5.32 Å². The Labute approximate surface area is 145 Å². The molecule has 0 saturated carbocycles. The number of nitrogens with one attached hydrogen (secondary N) is 2. The van der Waals surface area contributed by atoms with Gasteiger partial charge in [0.15, 0.2) is 5.96 Å². The minimum absolute atomic E-state index is 0.166. The van der Waals surface area contributed by atoms with Gasteiger partial charge in [-0.2, -0.15) is 8.42 Å². The van der Waals surface area contributed by atoms with Crippen LogP contribution < -0.4 is 11.1 Å². The maximum Gasteiger partial charge on any atom is 0.261 e. The van der Waals surface area contributed by atoms with Crippen molar-refractivity contribution in [2.45, 2.75) is 6.61 Å². The van der Waals surface area contributed by atoms with Gasteiger partial charge < -0.3 is 10.8 Å². The second-order valence-corrected chi connectivity index (χ2v) is 6.51. The Balaban J connectivity index is 0.000000550. The first-order chi connectivity index (χ1) is 11.6. The quantitative estimate of drug-likeness (QED) is 0.310. The van der Waals surface area contributed by atoms with Crippen molar-refractivity contribution in [1.82, 2.24) is 5.32 Å². The molecule has 0 aromatic heterocycles. The zero-order chi connectivity index (χ0) is 19.0. The van der Waals surface area contributed by atoms with Gasteiger partial charge in [-0.3, -0.25) is 20.1 Å². The predicted molar refractivity (Wildman–Crippen MR) is 94.7 cm³/mol. The Bertz CT molecular complexity index is 843. The summed E-state index contributed by atoms with van der Waals surface area (Å²) in [5, 5.41) is 18.6. The van der Waals surface area contributed by atoms with Crippen molar-refractivity contribution in [3.8, 4) is 11.1 Å². The van der Waals surface area contributed by atoms with Gasteiger partial charge in [-0.15, -0.1) is 0 Å². The number of rotatable bonds is 3. The lowest BCUT2D eigenvalue weighted by molar-refractivity contribution is 0.0976. The molecule has 2 aromatic rings. The zero-order valence-corrected chi connectivity index (χ0v) is 14.2. The highest BCUT2D eigenvalue weighted by molar-refractivity contribution is 7.85. The van der Waals surface area contributed by atoms with Gasteiger partial charge in [0.2, 0.25) is 0 Å². The first-order valence-electron chi connectivity index (χ1n) is 6.98. The second-order valence-electron chi connectivity index (χ2n) is 5.04. The number of benzene rings is 2. The average Bonchev–Trinajstić information content (AvgIpc) is 2.53. The van der Waals surface area contributed by atoms with Crippen LogP contribution in [0.2, 0.25) is 0 Å². The molecule has 0 spiro atoms. The van der Waals surface area contributed by atoms with Crippen LogP contribution in [-0.4, -0.2) is 36.2 Å². The van der Waals surface area contributed by atoms with Gasteiger partial charge in [0, 0.05) is 5.56 Å². The third-order valence-electron chi connectivity index (χ3n) is 2.79. The van der Waals surface area contributed by atoms with Crippen LogP contribution in [0.3, 0.4) is 0 Å². The first kappa shape index (κ1) is 20.3. The minimum atomic E-state index is -3.67. The molecule has 0 heterocycles. The fraction of sp³-hybridized carbons (Fsp3) is 0.125. The molecule has 25 heavy (non-hydrogen) atoms. The standard InChI is InChI=1S/C15H15N3O2.CH4O3S/c16-15(17)18-14(20)13-7-10(9-19)6-12(8-13)11-4-2-1-3-5-11;1-5(2,3)4/h1-8,19H,9H2,(H4,16,17,18,20);1H3,(H,2,3,4). The molecule has 0 aliphatic heterocycles. The van der Waals surface area contributed by atoms with Crippen molar-refractivity contribution in [3.05, 3.63) is 59.7 Å². The third kappa shape index (κ3) is 8.06. The number of amides is 1. The molecule has 0 aliphatic carbocycles. The van der Waals surface area contributed by atoms with Gasteiger partial charge in [-0.1, -0.05) is 30.3 Å². The van der Waals surface area contributed by atoms with Crippen molar-refractivity contribution in [2.24, 2.45) is 5.73 Å². The van der Waals surface area contributed by atoms with Gasteiger partial charge >= 0.3 is 0 Å². The summed E-state index contributed by atoms with van der Waals surface area (Å²) in [4.78, 5) is 11.9. The summed E-state index contributed by atoms with van der Waals surface area (Å²) in [6, 6.07) is 14.6. The summed E-state index contributed by atoms with van der Waals surface area (Å²) in [5.41, 5.74) is 7.90. The second kappa shape index (κ2) is 8.92. The molecule has 2 rings (SSSR count). The van der Waals surface area contributed by atoms with Gasteiger partial charge in [-0.25, -0.2) is 0 Å². The molecule has 0 fully saturated rings. The van der Waals surface area contributed by atoms with Gasteiger partial charge in [0.25, 0.3) is 16.0 Å². The van der Waals surface area contributed by atoms with E-state index in [1.165, 1.54) is 0 Å². The Morgan fingerprint density at radius 1 is 1.16 bits per heavy atom. The first-order valence-corrected chi connectivity index (χ1v) is 8.83. The highest BCUT2D eigenvalue weighted by atomic mass is 32.2. The summed E-state index contributed by atoms with van der Waals surface area (Å²) < 4.78 is 25.9. The van der Waals surface area contributed by atoms with E-state index in [1.54, 1.807) is 12.1 Å². The number of aliphatic hydroxyl groups excluding tert-OH is 1. The number of hydrogen-bond acceptors (Lipinski definition) is 5. The molecular formula is C16H19N3O5S. The Morgan fingerprint density at radius 3 is 2.20 bits per heavy atom. The van der Waals surface area contributed by atoms with Crippen LogP contribution >= 0.6 is 0 Å². The fourth-order valence-corrected chi connectivity index (χ4v) is 1.91. The molecule has 0 radical (unpaired) electrons. The van der Waals surface area contributed by atoms with Crippen LogP contribution in [0.5, 0.6) is 0 Å². The average molecular weight is 365 g/mol. The molecule has 0 unspecified atom stereocenters. The van der Waals surface area contributed by atoms with Crippen molar-refractivity contribution in [2.75, 3.05) is 6.26 Å². The number of aliphatic hydroxyl groups is 1. The van der Waals surface area contributed by atoms with Crippen molar-refractivity contribution < 1.29 is 22.9 Å². The summed E-state index contributed by atoms with van der Waals surface area (Å²) >= 11 is 0. The maximum atomic E-state index is 11.9. The molecule has 6 N–H and O–H groups in total. The number of guanidine groups is 1. The smallest absolute Gasteiger partial charge is 0.261 e. The normalized spacial score (nSPS) is 10.4. The summed E-state index contributed by atoms with van der Waals surface area (Å²) in [7, 11) is -3.67. The summed E-state index contributed by atoms with van der Waals surface area (Å²) in [6.07, 6.45) is 0.715. The molecule has 0 atom stereocenters. The van der Waals surface area contributed by atoms with E-state index in [1.807, 2.05) is 36.4 Å². The fourth-order valence-electron chi connectivity index (χ4n) is 1.91. The van der Waals surface area contributed by atoms with Gasteiger partial charge in [-0.05, 0) is 34.9 Å². The van der Waals surface area contributed by atoms with Crippen LogP contribution in [0.15, 0.2) is 48.5 Å². The van der Waals surface area contributed by atoms with E-state index < -0.39 is 22.0 Å². The highest BCUT2D eigenvalue weighted by Gasteiger charge is 2.10. The molecule has 8 nitrogen and oxygen atoms in total. The van der Waals surface area contributed by atoms with E-state index in [0.29, 0.717) is 17.4 Å². The maximum absolute atomic E-state index is 11.9. The topological polar surface area (TPSA) is 154 Å². The SMILES string of the molecule is CS(=O)(=O)O.N=C(N)NC(=O)c1cc(CO)cc(-c2ccccc2)c1. The number of carbonyl (C=O) groups is 1. The molecule has 1 amide bonds. The zero-order valence-electron chi connectivity index (χ0n) is 13.4. The lowest BCUT2D eigenvalue weighted by Crippen LogP contribution is -2.35. The molecular weight excluding hydrogens is 346 g/mol. The lowest BCUT2D eigenvalue weighted by Gasteiger charge is -2.09. The number of nitrogens with two attached hydrogens (primary N) is 1. The molecule has 0 aliphatic rings. The number of hydrogen-bond donors (Lipinski definition) is 5. The minimum Gasteiger partial charge on any atom is -0.392 e. The van der Waals surface area contributed by atoms with Crippen LogP contribution in [0.4, 0.5) is 0 Å². The van der Waals surface area contributed by atoms with Crippen molar-refractivity contribution in [3.63, 3.8) is 0 Å². The largest absolute Gasteiger partial charge is 0.392 e. The van der Waals surface area contributed by atoms with E-state index in [9.17, 15) is 18.3 Å². The lowest BCUT2D eigenvalue weighted by atomic mass is 9.99. The Kier molecular flexibility index (Phi) is 7.24. The van der Waals surface area contributed by atoms with Gasteiger partial charge in [0.1, 0.15) is 0 Å². The number of carbonyl (C=O) groups excluding carboxylic acids is 1. The predicted octanol–water partition coefficient (Wildman–Crippen LogP) is 0.973. The summed E-state index contributed by atoms with van der Waals surface area (Å²) in [5.74, 6) is -0.879. The highest BCUT2D eigenvalue weighted by Crippen LogP contribution is 2.22. The summed E-state index contributed by atoms with van der Waals surface area (Å²) in [6.45, 7) is -0.166. The van der Waals surface area contributed by atoms with Crippen LogP contribution in [-0.2, 0) is 16.7 Å². The third-order valence-corrected chi connectivity index (χ3v) is 2.79. The molecule has 134 valence electrons. The van der Waals surface area contributed by atoms with Gasteiger partial charge in [0.05, 0.1) is 12.9 Å². The molecule has 0 saturated heterocycles. The van der Waals surface area contributed by atoms with Crippen molar-refractivity contribution >= 4 is 22.0 Å². The van der Waals surface area contributed by atoms with Crippen LogP contribution in [0, 0.1) is 5.41 Å².